The highest BCUT2D eigenvalue weighted by molar-refractivity contribution is 7.93. The van der Waals surface area contributed by atoms with Crippen LogP contribution in [-0.2, 0) is 10.0 Å². The molecule has 0 saturated carbocycles. The highest BCUT2D eigenvalue weighted by atomic mass is 35.5. The number of nitrogens with one attached hydrogen (secondary N) is 1. The van der Waals surface area contributed by atoms with E-state index in [-0.39, 0.29) is 17.0 Å². The number of aryl methyl sites for hydroxylation is 1. The fourth-order valence-electron chi connectivity index (χ4n) is 2.59. The Balaban J connectivity index is 2.12. The van der Waals surface area contributed by atoms with Crippen LogP contribution in [0.25, 0.3) is 0 Å². The molecule has 0 heterocycles. The third-order valence-corrected chi connectivity index (χ3v) is 5.43. The predicted octanol–water partition coefficient (Wildman–Crippen LogP) is 5.74. The second kappa shape index (κ2) is 8.99. The van der Waals surface area contributed by atoms with Crippen molar-refractivity contribution in [3.8, 4) is 5.75 Å². The summed E-state index contributed by atoms with van der Waals surface area (Å²) in [6, 6.07) is 19.1. The molecule has 0 aliphatic rings. The van der Waals surface area contributed by atoms with Gasteiger partial charge in [-0.1, -0.05) is 58.7 Å². The molecule has 3 aromatic carbocycles. The van der Waals surface area contributed by atoms with E-state index in [1.165, 1.54) is 18.2 Å². The number of alkyl halides is 3. The van der Waals surface area contributed by atoms with Gasteiger partial charge in [0.25, 0.3) is 0 Å². The molecule has 0 fully saturated rings. The van der Waals surface area contributed by atoms with Crippen molar-refractivity contribution in [3.63, 3.8) is 0 Å². The first-order chi connectivity index (χ1) is 14.6. The summed E-state index contributed by atoms with van der Waals surface area (Å²) in [5.41, 5.74) is -4.31. The van der Waals surface area contributed by atoms with Crippen molar-refractivity contribution in [3.05, 3.63) is 94.5 Å². The Bertz CT molecular complexity index is 1200. The van der Waals surface area contributed by atoms with Crippen molar-refractivity contribution in [2.24, 2.45) is 5.16 Å². The molecule has 5 nitrogen and oxygen atoms in total. The fraction of sp³-hybridized carbons (Fsp3) is 0.0952. The van der Waals surface area contributed by atoms with Crippen LogP contribution in [0.1, 0.15) is 16.7 Å². The Kier molecular flexibility index (Phi) is 6.56. The van der Waals surface area contributed by atoms with Gasteiger partial charge in [-0.25, -0.2) is 0 Å². The van der Waals surface area contributed by atoms with E-state index >= 15 is 0 Å². The minimum atomic E-state index is -5.63. The van der Waals surface area contributed by atoms with Crippen LogP contribution in [0.4, 0.5) is 18.9 Å². The Morgan fingerprint density at radius 3 is 2.26 bits per heavy atom. The van der Waals surface area contributed by atoms with Crippen LogP contribution in [0.15, 0.2) is 78.0 Å². The summed E-state index contributed by atoms with van der Waals surface area (Å²) in [5.74, 6) is 0.336. The number of rotatable bonds is 6. The molecule has 0 aromatic heterocycles. The van der Waals surface area contributed by atoms with E-state index < -0.39 is 15.5 Å². The summed E-state index contributed by atoms with van der Waals surface area (Å²) in [4.78, 5) is 5.45. The molecule has 10 heteroatoms. The average Bonchev–Trinajstić information content (AvgIpc) is 2.71. The third kappa shape index (κ3) is 5.56. The highest BCUT2D eigenvalue weighted by Crippen LogP contribution is 2.29. The van der Waals surface area contributed by atoms with Gasteiger partial charge in [0.15, 0.2) is 5.75 Å². The number of oxime groups is 1. The van der Waals surface area contributed by atoms with Gasteiger partial charge in [0.2, 0.25) is 0 Å². The summed E-state index contributed by atoms with van der Waals surface area (Å²) in [5, 5.41) is 4.60. The zero-order valence-corrected chi connectivity index (χ0v) is 17.6. The number of hydrogen-bond acceptors (Lipinski definition) is 4. The van der Waals surface area contributed by atoms with Crippen LogP contribution < -0.4 is 9.56 Å². The molecule has 0 atom stereocenters. The summed E-state index contributed by atoms with van der Waals surface area (Å²) < 4.78 is 63.8. The molecule has 3 aromatic rings. The Morgan fingerprint density at radius 1 is 1.00 bits per heavy atom. The standard InChI is InChI=1S/C21H16ClF3N2O3S/c1-14-7-12-19(27-31(28,29)21(23,24)25)18(13-14)20(15-5-3-2-4-6-15)26-30-17-10-8-16(22)9-11-17/h2-13,27H,1H3/b26-20+. The van der Waals surface area contributed by atoms with Crippen molar-refractivity contribution in [2.45, 2.75) is 12.4 Å². The molecular formula is C21H16ClF3N2O3S. The number of anilines is 1. The lowest BCUT2D eigenvalue weighted by Gasteiger charge is -2.16. The van der Waals surface area contributed by atoms with Crippen LogP contribution in [-0.4, -0.2) is 19.6 Å². The molecule has 0 amide bonds. The van der Waals surface area contributed by atoms with Crippen molar-refractivity contribution in [1.29, 1.82) is 0 Å². The summed E-state index contributed by atoms with van der Waals surface area (Å²) in [6.07, 6.45) is 0. The largest absolute Gasteiger partial charge is 0.516 e. The fourth-order valence-corrected chi connectivity index (χ4v) is 3.30. The lowest BCUT2D eigenvalue weighted by atomic mass is 9.99. The zero-order chi connectivity index (χ0) is 22.6. The SMILES string of the molecule is Cc1ccc(NS(=O)(=O)C(F)(F)F)c(/C(=N/Oc2ccc(Cl)cc2)c2ccccc2)c1. The first kappa shape index (κ1) is 22.6. The van der Waals surface area contributed by atoms with Crippen LogP contribution in [0.5, 0.6) is 5.75 Å². The van der Waals surface area contributed by atoms with E-state index in [4.69, 9.17) is 16.4 Å². The zero-order valence-electron chi connectivity index (χ0n) is 16.0. The molecule has 0 spiro atoms. The maximum Gasteiger partial charge on any atom is 0.516 e. The third-order valence-electron chi connectivity index (χ3n) is 4.08. The predicted molar refractivity (Wildman–Crippen MR) is 114 cm³/mol. The van der Waals surface area contributed by atoms with Gasteiger partial charge in [0.1, 0.15) is 5.71 Å². The van der Waals surface area contributed by atoms with Crippen LogP contribution in [0, 0.1) is 6.92 Å². The molecule has 3 rings (SSSR count). The summed E-state index contributed by atoms with van der Waals surface area (Å²) in [7, 11) is -5.63. The maximum atomic E-state index is 12.9. The quantitative estimate of drug-likeness (QED) is 0.370. The van der Waals surface area contributed by atoms with Crippen LogP contribution >= 0.6 is 11.6 Å². The number of halogens is 4. The normalized spacial score (nSPS) is 12.5. The minimum absolute atomic E-state index is 0.119. The van der Waals surface area contributed by atoms with Gasteiger partial charge in [0.05, 0.1) is 5.69 Å². The molecule has 0 radical (unpaired) electrons. The van der Waals surface area contributed by atoms with E-state index in [9.17, 15) is 21.6 Å². The number of sulfonamides is 1. The van der Waals surface area contributed by atoms with Gasteiger partial charge in [-0.15, -0.1) is 0 Å². The number of hydrogen-bond donors (Lipinski definition) is 1. The lowest BCUT2D eigenvalue weighted by Crippen LogP contribution is -2.30. The van der Waals surface area contributed by atoms with E-state index in [0.717, 1.165) is 0 Å². The van der Waals surface area contributed by atoms with E-state index in [1.54, 1.807) is 66.2 Å². The Labute approximate surface area is 182 Å². The van der Waals surface area contributed by atoms with Crippen LogP contribution in [0.3, 0.4) is 0 Å². The first-order valence-corrected chi connectivity index (χ1v) is 10.7. The van der Waals surface area contributed by atoms with Gasteiger partial charge >= 0.3 is 15.5 Å². The molecule has 1 N–H and O–H groups in total. The second-order valence-corrected chi connectivity index (χ2v) is 8.56. The number of nitrogens with zero attached hydrogens (tertiary/aromatic N) is 1. The molecular weight excluding hydrogens is 453 g/mol. The second-order valence-electron chi connectivity index (χ2n) is 6.45. The van der Waals surface area contributed by atoms with Crippen molar-refractivity contribution >= 4 is 33.0 Å². The van der Waals surface area contributed by atoms with Gasteiger partial charge in [-0.05, 0) is 43.3 Å². The number of benzene rings is 3. The van der Waals surface area contributed by atoms with Gasteiger partial charge in [0, 0.05) is 16.1 Å². The smallest absolute Gasteiger partial charge is 0.356 e. The minimum Gasteiger partial charge on any atom is -0.356 e. The highest BCUT2D eigenvalue weighted by Gasteiger charge is 2.46. The van der Waals surface area contributed by atoms with E-state index in [2.05, 4.69) is 5.16 Å². The lowest BCUT2D eigenvalue weighted by molar-refractivity contribution is -0.0429. The average molecular weight is 469 g/mol. The molecule has 0 bridgehead atoms. The van der Waals surface area contributed by atoms with Crippen LogP contribution in [0.2, 0.25) is 5.02 Å². The molecule has 0 aliphatic heterocycles. The molecule has 31 heavy (non-hydrogen) atoms. The van der Waals surface area contributed by atoms with Gasteiger partial charge < -0.3 is 4.84 Å². The van der Waals surface area contributed by atoms with E-state index in [0.29, 0.717) is 21.9 Å². The van der Waals surface area contributed by atoms with Gasteiger partial charge in [-0.3, -0.25) is 4.72 Å². The van der Waals surface area contributed by atoms with E-state index in [1.807, 2.05) is 0 Å². The molecule has 0 aliphatic carbocycles. The van der Waals surface area contributed by atoms with Gasteiger partial charge in [-0.2, -0.15) is 21.6 Å². The van der Waals surface area contributed by atoms with Crippen molar-refractivity contribution in [2.75, 3.05) is 4.72 Å². The maximum absolute atomic E-state index is 12.9. The monoisotopic (exact) mass is 468 g/mol. The summed E-state index contributed by atoms with van der Waals surface area (Å²) in [6.45, 7) is 1.72. The summed E-state index contributed by atoms with van der Waals surface area (Å²) >= 11 is 5.85. The van der Waals surface area contributed by atoms with Crippen molar-refractivity contribution < 1.29 is 26.4 Å². The first-order valence-electron chi connectivity index (χ1n) is 8.83. The topological polar surface area (TPSA) is 67.8 Å². The Morgan fingerprint density at radius 2 is 1.65 bits per heavy atom. The van der Waals surface area contributed by atoms with Crippen molar-refractivity contribution in [1.82, 2.24) is 0 Å². The molecule has 162 valence electrons. The molecule has 0 unspecified atom stereocenters. The molecule has 0 saturated heterocycles. The Hall–Kier alpha value is -3.04.